The predicted octanol–water partition coefficient (Wildman–Crippen LogP) is 2.77. The van der Waals surface area contributed by atoms with Gasteiger partial charge in [-0.2, -0.15) is 0 Å². The zero-order chi connectivity index (χ0) is 15.4. The lowest BCUT2D eigenvalue weighted by molar-refractivity contribution is 0.0760. The number of halogens is 2. The molecule has 0 N–H and O–H groups in total. The fourth-order valence-corrected chi connectivity index (χ4v) is 2.68. The Balaban J connectivity index is 2.01. The van der Waals surface area contributed by atoms with E-state index >= 15 is 0 Å². The number of rotatable bonds is 3. The second kappa shape index (κ2) is 6.98. The number of nitrogens with zero attached hydrogens (tertiary/aromatic N) is 2. The average molecular weight is 296 g/mol. The van der Waals surface area contributed by atoms with Crippen LogP contribution in [-0.2, 0) is 0 Å². The van der Waals surface area contributed by atoms with Gasteiger partial charge in [-0.3, -0.25) is 4.79 Å². The number of hydrogen-bond acceptors (Lipinski definition) is 2. The second-order valence-electron chi connectivity index (χ2n) is 5.97. The van der Waals surface area contributed by atoms with Gasteiger partial charge in [0.1, 0.15) is 0 Å². The summed E-state index contributed by atoms with van der Waals surface area (Å²) in [6, 6.07) is 3.33. The molecule has 0 unspecified atom stereocenters. The topological polar surface area (TPSA) is 23.6 Å². The molecule has 1 amide bonds. The van der Waals surface area contributed by atoms with Crippen molar-refractivity contribution in [2.24, 2.45) is 5.92 Å². The molecule has 1 aromatic carbocycles. The molecule has 2 rings (SSSR count). The number of carbonyl (C=O) groups excluding carboxylic acids is 1. The van der Waals surface area contributed by atoms with Crippen LogP contribution in [0, 0.1) is 17.6 Å². The van der Waals surface area contributed by atoms with Crippen LogP contribution in [0.4, 0.5) is 8.78 Å². The molecule has 116 valence electrons. The first-order valence-corrected chi connectivity index (χ1v) is 7.44. The predicted molar refractivity (Wildman–Crippen MR) is 78.2 cm³/mol. The smallest absolute Gasteiger partial charge is 0.254 e. The molecule has 0 atom stereocenters. The van der Waals surface area contributed by atoms with Gasteiger partial charge in [-0.05, 0) is 37.1 Å². The Hall–Kier alpha value is -1.49. The first kappa shape index (κ1) is 15.9. The van der Waals surface area contributed by atoms with Crippen molar-refractivity contribution < 1.29 is 13.6 Å². The van der Waals surface area contributed by atoms with Gasteiger partial charge in [0.05, 0.1) is 0 Å². The fourth-order valence-electron chi connectivity index (χ4n) is 2.68. The van der Waals surface area contributed by atoms with E-state index in [1.165, 1.54) is 6.07 Å². The minimum atomic E-state index is -0.975. The summed E-state index contributed by atoms with van der Waals surface area (Å²) in [5.41, 5.74) is 0.214. The summed E-state index contributed by atoms with van der Waals surface area (Å²) in [4.78, 5) is 16.4. The van der Waals surface area contributed by atoms with E-state index < -0.39 is 11.6 Å². The van der Waals surface area contributed by atoms with Gasteiger partial charge in [0.25, 0.3) is 5.91 Å². The normalized spacial score (nSPS) is 17.1. The Morgan fingerprint density at radius 2 is 1.90 bits per heavy atom. The highest BCUT2D eigenvalue weighted by molar-refractivity contribution is 5.94. The van der Waals surface area contributed by atoms with Gasteiger partial charge in [-0.25, -0.2) is 8.78 Å². The molecule has 3 nitrogen and oxygen atoms in total. The van der Waals surface area contributed by atoms with Crippen molar-refractivity contribution in [3.8, 4) is 0 Å². The Morgan fingerprint density at radius 1 is 1.14 bits per heavy atom. The molecule has 21 heavy (non-hydrogen) atoms. The van der Waals surface area contributed by atoms with Gasteiger partial charge < -0.3 is 9.80 Å². The van der Waals surface area contributed by atoms with E-state index in [4.69, 9.17) is 0 Å². The minimum Gasteiger partial charge on any atom is -0.337 e. The maximum absolute atomic E-state index is 13.2. The lowest BCUT2D eigenvalue weighted by Gasteiger charge is -2.23. The van der Waals surface area contributed by atoms with Crippen molar-refractivity contribution >= 4 is 5.91 Å². The van der Waals surface area contributed by atoms with E-state index in [2.05, 4.69) is 18.7 Å². The molecule has 0 radical (unpaired) electrons. The average Bonchev–Trinajstić information content (AvgIpc) is 2.66. The number of benzene rings is 1. The van der Waals surface area contributed by atoms with Crippen LogP contribution in [-0.4, -0.2) is 48.4 Å². The lowest BCUT2D eigenvalue weighted by atomic mass is 10.2. The van der Waals surface area contributed by atoms with E-state index in [0.717, 1.165) is 38.2 Å². The van der Waals surface area contributed by atoms with Crippen molar-refractivity contribution in [3.05, 3.63) is 35.4 Å². The molecule has 1 aliphatic heterocycles. The first-order valence-electron chi connectivity index (χ1n) is 7.44. The molecule has 0 aliphatic carbocycles. The van der Waals surface area contributed by atoms with Crippen LogP contribution >= 0.6 is 0 Å². The maximum Gasteiger partial charge on any atom is 0.254 e. The Labute approximate surface area is 124 Å². The lowest BCUT2D eigenvalue weighted by Crippen LogP contribution is -2.36. The van der Waals surface area contributed by atoms with Gasteiger partial charge in [0, 0.05) is 31.7 Å². The number of carbonyl (C=O) groups is 1. The summed E-state index contributed by atoms with van der Waals surface area (Å²) in [5.74, 6) is -1.53. The second-order valence-corrected chi connectivity index (χ2v) is 5.97. The van der Waals surface area contributed by atoms with E-state index in [-0.39, 0.29) is 11.5 Å². The third-order valence-electron chi connectivity index (χ3n) is 3.67. The summed E-state index contributed by atoms with van der Waals surface area (Å²) < 4.78 is 26.2. The maximum atomic E-state index is 13.2. The molecule has 5 heteroatoms. The highest BCUT2D eigenvalue weighted by Crippen LogP contribution is 2.13. The Kier molecular flexibility index (Phi) is 5.28. The molecule has 0 aromatic heterocycles. The van der Waals surface area contributed by atoms with Crippen LogP contribution < -0.4 is 0 Å². The molecule has 1 saturated heterocycles. The zero-order valence-corrected chi connectivity index (χ0v) is 12.6. The van der Waals surface area contributed by atoms with Crippen molar-refractivity contribution in [2.45, 2.75) is 20.3 Å². The number of amides is 1. The monoisotopic (exact) mass is 296 g/mol. The van der Waals surface area contributed by atoms with E-state index in [9.17, 15) is 13.6 Å². The zero-order valence-electron chi connectivity index (χ0n) is 12.6. The summed E-state index contributed by atoms with van der Waals surface area (Å²) >= 11 is 0. The molecular formula is C16H22F2N2O. The Morgan fingerprint density at radius 3 is 2.57 bits per heavy atom. The van der Waals surface area contributed by atoms with Gasteiger partial charge in [-0.1, -0.05) is 13.8 Å². The highest BCUT2D eigenvalue weighted by Gasteiger charge is 2.21. The van der Waals surface area contributed by atoms with Crippen molar-refractivity contribution in [1.29, 1.82) is 0 Å². The quantitative estimate of drug-likeness (QED) is 0.856. The molecule has 1 fully saturated rings. The molecular weight excluding hydrogens is 274 g/mol. The van der Waals surface area contributed by atoms with E-state index in [1.54, 1.807) is 4.90 Å². The summed E-state index contributed by atoms with van der Waals surface area (Å²) in [6.07, 6.45) is 0.905. The third kappa shape index (κ3) is 4.24. The van der Waals surface area contributed by atoms with Crippen LogP contribution in [0.1, 0.15) is 30.6 Å². The molecule has 1 aromatic rings. The van der Waals surface area contributed by atoms with Crippen molar-refractivity contribution in [2.75, 3.05) is 32.7 Å². The highest BCUT2D eigenvalue weighted by atomic mass is 19.2. The Bertz CT molecular complexity index is 505. The van der Waals surface area contributed by atoms with Crippen LogP contribution in [0.2, 0.25) is 0 Å². The SMILES string of the molecule is CC(C)CN1CCCN(C(=O)c2ccc(F)c(F)c2)CC1. The third-order valence-corrected chi connectivity index (χ3v) is 3.67. The molecule has 0 spiro atoms. The van der Waals surface area contributed by atoms with Gasteiger partial charge in [0.15, 0.2) is 11.6 Å². The van der Waals surface area contributed by atoms with Crippen LogP contribution in [0.3, 0.4) is 0 Å². The molecule has 0 bridgehead atoms. The summed E-state index contributed by atoms with van der Waals surface area (Å²) in [7, 11) is 0. The number of hydrogen-bond donors (Lipinski definition) is 0. The van der Waals surface area contributed by atoms with Crippen LogP contribution in [0.5, 0.6) is 0 Å². The fraction of sp³-hybridized carbons (Fsp3) is 0.562. The molecule has 0 saturated carbocycles. The standard InChI is InChI=1S/C16H22F2N2O/c1-12(2)11-19-6-3-7-20(9-8-19)16(21)13-4-5-14(17)15(18)10-13/h4-5,10,12H,3,6-9,11H2,1-2H3. The van der Waals surface area contributed by atoms with E-state index in [0.29, 0.717) is 19.0 Å². The molecule has 1 heterocycles. The largest absolute Gasteiger partial charge is 0.337 e. The van der Waals surface area contributed by atoms with Crippen molar-refractivity contribution in [1.82, 2.24) is 9.80 Å². The van der Waals surface area contributed by atoms with Crippen LogP contribution in [0.25, 0.3) is 0 Å². The minimum absolute atomic E-state index is 0.214. The van der Waals surface area contributed by atoms with Crippen LogP contribution in [0.15, 0.2) is 18.2 Å². The van der Waals surface area contributed by atoms with Gasteiger partial charge >= 0.3 is 0 Å². The van der Waals surface area contributed by atoms with Crippen molar-refractivity contribution in [3.63, 3.8) is 0 Å². The van der Waals surface area contributed by atoms with Gasteiger partial charge in [0.2, 0.25) is 0 Å². The summed E-state index contributed by atoms with van der Waals surface area (Å²) in [5, 5.41) is 0. The summed E-state index contributed by atoms with van der Waals surface area (Å²) in [6.45, 7) is 8.46. The van der Waals surface area contributed by atoms with Gasteiger partial charge in [-0.15, -0.1) is 0 Å². The van der Waals surface area contributed by atoms with E-state index in [1.807, 2.05) is 0 Å². The molecule has 1 aliphatic rings. The first-order chi connectivity index (χ1) is 9.97.